The first-order valence-corrected chi connectivity index (χ1v) is 14.5. The number of benzene rings is 6. The van der Waals surface area contributed by atoms with Gasteiger partial charge in [0.25, 0.3) is 0 Å². The Bertz CT molecular complexity index is 2350. The van der Waals surface area contributed by atoms with Crippen LogP contribution in [0, 0.1) is 36.8 Å². The van der Waals surface area contributed by atoms with Crippen LogP contribution >= 0.6 is 0 Å². The Hall–Kier alpha value is -5.73. The highest BCUT2D eigenvalue weighted by atomic mass is 19.1. The molecule has 3 nitrogen and oxygen atoms in total. The molecule has 0 saturated carbocycles. The molecule has 2 heterocycles. The number of halogens is 2. The third-order valence-electron chi connectivity index (χ3n) is 8.58. The molecule has 0 fully saturated rings. The number of hydrogen-bond acceptors (Lipinski definition) is 1. The first-order valence-electron chi connectivity index (χ1n) is 14.5. The molecule has 2 aromatic heterocycles. The molecule has 0 amide bonds. The topological polar surface area (TPSA) is 33.6 Å². The van der Waals surface area contributed by atoms with Crippen LogP contribution in [0.15, 0.2) is 115 Å². The maximum Gasteiger partial charge on any atom is 0.134 e. The van der Waals surface area contributed by atoms with Gasteiger partial charge in [0, 0.05) is 27.1 Å². The number of rotatable bonds is 3. The molecule has 0 aliphatic rings. The molecule has 5 heteroatoms. The van der Waals surface area contributed by atoms with E-state index in [1.54, 1.807) is 12.1 Å². The van der Waals surface area contributed by atoms with Crippen molar-refractivity contribution in [1.29, 1.82) is 5.26 Å². The fourth-order valence-corrected chi connectivity index (χ4v) is 6.70. The molecule has 0 bridgehead atoms. The van der Waals surface area contributed by atoms with Crippen LogP contribution in [0.4, 0.5) is 8.78 Å². The zero-order valence-corrected chi connectivity index (χ0v) is 24.1. The second-order valence-corrected chi connectivity index (χ2v) is 11.3. The normalized spacial score (nSPS) is 11.6. The van der Waals surface area contributed by atoms with Crippen molar-refractivity contribution in [1.82, 2.24) is 9.13 Å². The summed E-state index contributed by atoms with van der Waals surface area (Å²) in [4.78, 5) is 0. The Kier molecular flexibility index (Phi) is 5.69. The van der Waals surface area contributed by atoms with Crippen LogP contribution in [0.3, 0.4) is 0 Å². The summed E-state index contributed by atoms with van der Waals surface area (Å²) < 4.78 is 36.1. The van der Waals surface area contributed by atoms with Crippen LogP contribution in [0.5, 0.6) is 0 Å². The Morgan fingerprint density at radius 1 is 0.500 bits per heavy atom. The predicted octanol–water partition coefficient (Wildman–Crippen LogP) is 10.3. The van der Waals surface area contributed by atoms with E-state index in [0.29, 0.717) is 22.5 Å². The molecule has 0 saturated heterocycles. The quantitative estimate of drug-likeness (QED) is 0.207. The van der Waals surface area contributed by atoms with Gasteiger partial charge in [-0.1, -0.05) is 66.7 Å². The van der Waals surface area contributed by atoms with Crippen LogP contribution in [0.25, 0.3) is 66.1 Å². The van der Waals surface area contributed by atoms with E-state index in [0.717, 1.165) is 54.7 Å². The van der Waals surface area contributed by atoms with Gasteiger partial charge >= 0.3 is 0 Å². The SMILES string of the molecule is Cc1ccc2c3ccccc3n(-c3cc(C#N)cc(-n4c5ccccc5c5ccc(C)cc54)c3-c3c(F)cccc3F)c2c1. The molecule has 8 rings (SSSR count). The number of nitriles is 1. The molecule has 0 N–H and O–H groups in total. The highest BCUT2D eigenvalue weighted by Gasteiger charge is 2.26. The average Bonchev–Trinajstić information content (AvgIpc) is 3.52. The number of fused-ring (bicyclic) bond motifs is 6. The average molecular weight is 574 g/mol. The molecule has 0 atom stereocenters. The van der Waals surface area contributed by atoms with Gasteiger partial charge in [0.2, 0.25) is 0 Å². The first kappa shape index (κ1) is 25.9. The fourth-order valence-electron chi connectivity index (χ4n) is 6.70. The van der Waals surface area contributed by atoms with Gasteiger partial charge in [-0.05, 0) is 73.5 Å². The minimum Gasteiger partial charge on any atom is -0.308 e. The maximum absolute atomic E-state index is 16.0. The van der Waals surface area contributed by atoms with Gasteiger partial charge in [-0.3, -0.25) is 0 Å². The Morgan fingerprint density at radius 3 is 1.43 bits per heavy atom. The summed E-state index contributed by atoms with van der Waals surface area (Å²) in [6, 6.07) is 38.3. The predicted molar refractivity (Wildman–Crippen MR) is 175 cm³/mol. The number of aryl methyl sites for hydroxylation is 2. The van der Waals surface area contributed by atoms with Gasteiger partial charge < -0.3 is 9.13 Å². The van der Waals surface area contributed by atoms with Gasteiger partial charge in [-0.15, -0.1) is 0 Å². The lowest BCUT2D eigenvalue weighted by Crippen LogP contribution is -2.07. The number of nitrogens with zero attached hydrogens (tertiary/aromatic N) is 3. The van der Waals surface area contributed by atoms with Crippen molar-refractivity contribution in [2.45, 2.75) is 13.8 Å². The molecule has 0 aliphatic carbocycles. The van der Waals surface area contributed by atoms with Crippen LogP contribution in [0.2, 0.25) is 0 Å². The smallest absolute Gasteiger partial charge is 0.134 e. The Morgan fingerprint density at radius 2 is 0.955 bits per heavy atom. The molecule has 0 spiro atoms. The van der Waals surface area contributed by atoms with Crippen molar-refractivity contribution in [2.75, 3.05) is 0 Å². The van der Waals surface area contributed by atoms with E-state index in [2.05, 4.69) is 54.6 Å². The van der Waals surface area contributed by atoms with E-state index in [9.17, 15) is 5.26 Å². The van der Waals surface area contributed by atoms with Crippen LogP contribution in [0.1, 0.15) is 16.7 Å². The third kappa shape index (κ3) is 3.71. The van der Waals surface area contributed by atoms with Crippen molar-refractivity contribution in [3.8, 4) is 28.6 Å². The fraction of sp³-hybridized carbons (Fsp3) is 0.0513. The molecular formula is C39H25F2N3. The highest BCUT2D eigenvalue weighted by molar-refractivity contribution is 6.12. The zero-order chi connectivity index (χ0) is 30.1. The molecule has 8 aromatic rings. The van der Waals surface area contributed by atoms with E-state index in [4.69, 9.17) is 0 Å². The summed E-state index contributed by atoms with van der Waals surface area (Å²) in [5.74, 6) is -1.35. The number of para-hydroxylation sites is 2. The van der Waals surface area contributed by atoms with Crippen molar-refractivity contribution >= 4 is 43.6 Å². The number of aromatic nitrogens is 2. The summed E-state index contributed by atoms with van der Waals surface area (Å²) in [6.07, 6.45) is 0. The van der Waals surface area contributed by atoms with E-state index in [1.807, 2.05) is 59.4 Å². The lowest BCUT2D eigenvalue weighted by Gasteiger charge is -2.21. The largest absolute Gasteiger partial charge is 0.308 e. The molecule has 210 valence electrons. The maximum atomic E-state index is 16.0. The molecule has 0 unspecified atom stereocenters. The monoisotopic (exact) mass is 573 g/mol. The molecule has 0 aliphatic heterocycles. The second kappa shape index (κ2) is 9.65. The number of hydrogen-bond donors (Lipinski definition) is 0. The lowest BCUT2D eigenvalue weighted by molar-refractivity contribution is 0.589. The van der Waals surface area contributed by atoms with Crippen molar-refractivity contribution < 1.29 is 8.78 Å². The molecule has 0 radical (unpaired) electrons. The first-order chi connectivity index (χ1) is 21.4. The van der Waals surface area contributed by atoms with E-state index >= 15 is 8.78 Å². The standard InChI is InChI=1S/C39H25F2N3/c1-23-14-16-28-26-8-3-5-12-32(26)43(34(28)18-23)36-20-25(22-42)21-37(39(36)38-30(40)10-7-11-31(38)41)44-33-13-6-4-9-27(33)29-17-15-24(2)19-35(29)44/h3-21H,1-2H3. The Balaban J connectivity index is 1.65. The summed E-state index contributed by atoms with van der Waals surface area (Å²) in [5.41, 5.74) is 7.31. The van der Waals surface area contributed by atoms with E-state index in [1.165, 1.54) is 18.2 Å². The van der Waals surface area contributed by atoms with Crippen LogP contribution in [-0.2, 0) is 0 Å². The van der Waals surface area contributed by atoms with Crippen molar-refractivity contribution in [2.24, 2.45) is 0 Å². The van der Waals surface area contributed by atoms with Crippen molar-refractivity contribution in [3.63, 3.8) is 0 Å². The minimum atomic E-state index is -0.675. The Labute approximate surface area is 252 Å². The highest BCUT2D eigenvalue weighted by Crippen LogP contribution is 2.44. The van der Waals surface area contributed by atoms with Crippen LogP contribution in [-0.4, -0.2) is 9.13 Å². The van der Waals surface area contributed by atoms with E-state index < -0.39 is 11.6 Å². The summed E-state index contributed by atoms with van der Waals surface area (Å²) >= 11 is 0. The van der Waals surface area contributed by atoms with Gasteiger partial charge in [-0.2, -0.15) is 5.26 Å². The van der Waals surface area contributed by atoms with Gasteiger partial charge in [0.05, 0.1) is 50.6 Å². The van der Waals surface area contributed by atoms with Gasteiger partial charge in [0.1, 0.15) is 11.6 Å². The summed E-state index contributed by atoms with van der Waals surface area (Å²) in [7, 11) is 0. The van der Waals surface area contributed by atoms with E-state index in [-0.39, 0.29) is 5.56 Å². The minimum absolute atomic E-state index is 0.140. The summed E-state index contributed by atoms with van der Waals surface area (Å²) in [5, 5.41) is 14.4. The second-order valence-electron chi connectivity index (χ2n) is 11.3. The molecule has 44 heavy (non-hydrogen) atoms. The van der Waals surface area contributed by atoms with Crippen LogP contribution < -0.4 is 0 Å². The van der Waals surface area contributed by atoms with Gasteiger partial charge in [0.15, 0.2) is 0 Å². The lowest BCUT2D eigenvalue weighted by atomic mass is 9.97. The van der Waals surface area contributed by atoms with Crippen molar-refractivity contribution in [3.05, 3.63) is 144 Å². The molecule has 6 aromatic carbocycles. The summed E-state index contributed by atoms with van der Waals surface area (Å²) in [6.45, 7) is 4.05. The third-order valence-corrected chi connectivity index (χ3v) is 8.58. The zero-order valence-electron chi connectivity index (χ0n) is 24.1. The molecular weight excluding hydrogens is 548 g/mol. The van der Waals surface area contributed by atoms with Gasteiger partial charge in [-0.25, -0.2) is 8.78 Å².